The second kappa shape index (κ2) is 8.84. The van der Waals surface area contributed by atoms with E-state index in [0.717, 1.165) is 0 Å². The maximum Gasteiger partial charge on any atom is 0.265 e. The molecule has 2 aromatic carbocycles. The van der Waals surface area contributed by atoms with E-state index in [1.807, 2.05) is 0 Å². The lowest BCUT2D eigenvalue weighted by molar-refractivity contribution is 0.0654. The standard InChI is InChI=1S/C22H17Cl2FN2O2S/c23-16-6-5-14(11-17(16)24)20(28)13-7-9-27(10-8-13)22(29)19-12-26-21(30-19)15-3-1-2-4-18(15)25/h1-6,11-13H,7-10H2. The molecule has 1 saturated heterocycles. The topological polar surface area (TPSA) is 50.3 Å². The maximum absolute atomic E-state index is 14.0. The van der Waals surface area contributed by atoms with E-state index >= 15 is 0 Å². The number of hydrogen-bond acceptors (Lipinski definition) is 4. The van der Waals surface area contributed by atoms with Crippen LogP contribution in [0, 0.1) is 11.7 Å². The van der Waals surface area contributed by atoms with Gasteiger partial charge in [0, 0.05) is 30.1 Å². The molecule has 1 fully saturated rings. The second-order valence-electron chi connectivity index (χ2n) is 7.07. The van der Waals surface area contributed by atoms with Gasteiger partial charge in [0.2, 0.25) is 0 Å². The minimum atomic E-state index is -0.368. The lowest BCUT2D eigenvalue weighted by atomic mass is 9.89. The highest BCUT2D eigenvalue weighted by molar-refractivity contribution is 7.16. The molecule has 1 amide bonds. The van der Waals surface area contributed by atoms with Crippen molar-refractivity contribution in [3.8, 4) is 10.6 Å². The normalized spacial score (nSPS) is 14.7. The summed E-state index contributed by atoms with van der Waals surface area (Å²) in [5.41, 5.74) is 0.915. The maximum atomic E-state index is 14.0. The van der Waals surface area contributed by atoms with E-state index in [1.165, 1.54) is 23.6 Å². The molecule has 0 unspecified atom stereocenters. The zero-order valence-corrected chi connectivity index (χ0v) is 18.1. The summed E-state index contributed by atoms with van der Waals surface area (Å²) in [6.45, 7) is 0.951. The Kier molecular flexibility index (Phi) is 6.18. The lowest BCUT2D eigenvalue weighted by Gasteiger charge is -2.31. The Labute approximate surface area is 187 Å². The van der Waals surface area contributed by atoms with Gasteiger partial charge in [0.05, 0.1) is 16.2 Å². The first-order valence-corrected chi connectivity index (χ1v) is 11.0. The predicted octanol–water partition coefficient (Wildman–Crippen LogP) is 5.99. The average molecular weight is 463 g/mol. The van der Waals surface area contributed by atoms with Gasteiger partial charge >= 0.3 is 0 Å². The Bertz CT molecular complexity index is 1110. The summed E-state index contributed by atoms with van der Waals surface area (Å²) in [5.74, 6) is -0.662. The molecular formula is C22H17Cl2FN2O2S. The molecule has 30 heavy (non-hydrogen) atoms. The number of likely N-dealkylation sites (tertiary alicyclic amines) is 1. The van der Waals surface area contributed by atoms with E-state index in [-0.39, 0.29) is 23.4 Å². The minimum absolute atomic E-state index is 0.0142. The van der Waals surface area contributed by atoms with Crippen LogP contribution in [-0.2, 0) is 0 Å². The van der Waals surface area contributed by atoms with Gasteiger partial charge in [-0.1, -0.05) is 35.3 Å². The molecule has 3 aromatic rings. The molecule has 2 heterocycles. The number of hydrogen-bond donors (Lipinski definition) is 0. The Hall–Kier alpha value is -2.28. The summed E-state index contributed by atoms with van der Waals surface area (Å²) >= 11 is 13.1. The molecule has 0 radical (unpaired) electrons. The third-order valence-electron chi connectivity index (χ3n) is 5.18. The number of halogens is 3. The molecule has 0 spiro atoms. The van der Waals surface area contributed by atoms with Gasteiger partial charge in [-0.05, 0) is 43.2 Å². The second-order valence-corrected chi connectivity index (χ2v) is 8.91. The summed E-state index contributed by atoms with van der Waals surface area (Å²) in [5, 5.41) is 1.24. The first-order chi connectivity index (χ1) is 14.4. The van der Waals surface area contributed by atoms with E-state index in [1.54, 1.807) is 41.3 Å². The number of benzene rings is 2. The third kappa shape index (κ3) is 4.26. The molecule has 0 atom stereocenters. The highest BCUT2D eigenvalue weighted by atomic mass is 35.5. The average Bonchev–Trinajstić information content (AvgIpc) is 3.25. The van der Waals surface area contributed by atoms with E-state index < -0.39 is 0 Å². The van der Waals surface area contributed by atoms with Crippen LogP contribution in [0.25, 0.3) is 10.6 Å². The fraction of sp³-hybridized carbons (Fsp3) is 0.227. The molecule has 1 aromatic heterocycles. The van der Waals surface area contributed by atoms with Crippen LogP contribution in [0.4, 0.5) is 4.39 Å². The SMILES string of the molecule is O=C(c1ccc(Cl)c(Cl)c1)C1CCN(C(=O)c2cnc(-c3ccccc3F)s2)CC1. The molecule has 0 saturated carbocycles. The van der Waals surface area contributed by atoms with Crippen LogP contribution in [0.5, 0.6) is 0 Å². The highest BCUT2D eigenvalue weighted by Gasteiger charge is 2.29. The largest absolute Gasteiger partial charge is 0.338 e. The van der Waals surface area contributed by atoms with Crippen LogP contribution in [0.1, 0.15) is 32.9 Å². The highest BCUT2D eigenvalue weighted by Crippen LogP contribution is 2.30. The van der Waals surface area contributed by atoms with Gasteiger partial charge in [0.25, 0.3) is 5.91 Å². The zero-order valence-electron chi connectivity index (χ0n) is 15.8. The van der Waals surface area contributed by atoms with Crippen LogP contribution in [0.2, 0.25) is 10.0 Å². The Morgan fingerprint density at radius 3 is 2.50 bits per heavy atom. The molecule has 154 valence electrons. The molecule has 0 aliphatic carbocycles. The number of thiazole rings is 1. The van der Waals surface area contributed by atoms with Crippen molar-refractivity contribution in [3.05, 3.63) is 75.0 Å². The van der Waals surface area contributed by atoms with Crippen LogP contribution < -0.4 is 0 Å². The summed E-state index contributed by atoms with van der Waals surface area (Å²) in [6.07, 6.45) is 2.63. The van der Waals surface area contributed by atoms with Crippen LogP contribution in [0.15, 0.2) is 48.7 Å². The van der Waals surface area contributed by atoms with Crippen LogP contribution >= 0.6 is 34.5 Å². The first kappa shape index (κ1) is 21.0. The van der Waals surface area contributed by atoms with Crippen molar-refractivity contribution in [3.63, 3.8) is 0 Å². The quantitative estimate of drug-likeness (QED) is 0.447. The molecule has 1 aliphatic heterocycles. The molecule has 1 aliphatic rings. The van der Waals surface area contributed by atoms with Crippen molar-refractivity contribution < 1.29 is 14.0 Å². The Morgan fingerprint density at radius 1 is 1.07 bits per heavy atom. The number of piperidine rings is 1. The van der Waals surface area contributed by atoms with Crippen molar-refractivity contribution in [1.29, 1.82) is 0 Å². The number of Topliss-reactive ketones (excluding diaryl/α,β-unsaturated/α-hetero) is 1. The number of aromatic nitrogens is 1. The summed E-state index contributed by atoms with van der Waals surface area (Å²) in [7, 11) is 0. The number of nitrogens with zero attached hydrogens (tertiary/aromatic N) is 2. The van der Waals surface area contributed by atoms with Gasteiger partial charge in [-0.3, -0.25) is 9.59 Å². The van der Waals surface area contributed by atoms with Gasteiger partial charge in [0.15, 0.2) is 5.78 Å². The number of amides is 1. The number of rotatable bonds is 4. The van der Waals surface area contributed by atoms with Crippen molar-refractivity contribution in [2.45, 2.75) is 12.8 Å². The van der Waals surface area contributed by atoms with Gasteiger partial charge in [-0.2, -0.15) is 0 Å². The van der Waals surface area contributed by atoms with Crippen molar-refractivity contribution in [1.82, 2.24) is 9.88 Å². The number of carbonyl (C=O) groups is 2. The van der Waals surface area contributed by atoms with Crippen LogP contribution in [-0.4, -0.2) is 34.7 Å². The smallest absolute Gasteiger partial charge is 0.265 e. The molecular weight excluding hydrogens is 446 g/mol. The molecule has 8 heteroatoms. The summed E-state index contributed by atoms with van der Waals surface area (Å²) in [4.78, 5) is 32.0. The molecule has 0 N–H and O–H groups in total. The van der Waals surface area contributed by atoms with Crippen molar-refractivity contribution >= 4 is 46.2 Å². The summed E-state index contributed by atoms with van der Waals surface area (Å²) < 4.78 is 14.0. The molecule has 4 rings (SSSR count). The number of carbonyl (C=O) groups excluding carboxylic acids is 2. The third-order valence-corrected chi connectivity index (χ3v) is 6.94. The monoisotopic (exact) mass is 462 g/mol. The Balaban J connectivity index is 1.40. The Morgan fingerprint density at radius 2 is 1.80 bits per heavy atom. The summed E-state index contributed by atoms with van der Waals surface area (Å²) in [6, 6.07) is 11.2. The van der Waals surface area contributed by atoms with Crippen molar-refractivity contribution in [2.75, 3.05) is 13.1 Å². The molecule has 4 nitrogen and oxygen atoms in total. The van der Waals surface area contributed by atoms with Crippen LogP contribution in [0.3, 0.4) is 0 Å². The first-order valence-electron chi connectivity index (χ1n) is 9.43. The van der Waals surface area contributed by atoms with Crippen molar-refractivity contribution in [2.24, 2.45) is 5.92 Å². The van der Waals surface area contributed by atoms with E-state index in [9.17, 15) is 14.0 Å². The van der Waals surface area contributed by atoms with Gasteiger partial charge in [0.1, 0.15) is 15.7 Å². The number of ketones is 1. The van der Waals surface area contributed by atoms with E-state index in [2.05, 4.69) is 4.98 Å². The minimum Gasteiger partial charge on any atom is -0.338 e. The van der Waals surface area contributed by atoms with Gasteiger partial charge in [-0.15, -0.1) is 11.3 Å². The lowest BCUT2D eigenvalue weighted by Crippen LogP contribution is -2.40. The fourth-order valence-electron chi connectivity index (χ4n) is 3.52. The zero-order chi connectivity index (χ0) is 21.3. The van der Waals surface area contributed by atoms with E-state index in [0.29, 0.717) is 57.0 Å². The van der Waals surface area contributed by atoms with Gasteiger partial charge < -0.3 is 4.90 Å². The molecule has 0 bridgehead atoms. The van der Waals surface area contributed by atoms with Gasteiger partial charge in [-0.25, -0.2) is 9.37 Å². The fourth-order valence-corrected chi connectivity index (χ4v) is 4.73. The predicted molar refractivity (Wildman–Crippen MR) is 117 cm³/mol. The van der Waals surface area contributed by atoms with E-state index in [4.69, 9.17) is 23.2 Å².